The normalized spacial score (nSPS) is 18.7. The zero-order chi connectivity index (χ0) is 16.8. The molecule has 7 nitrogen and oxygen atoms in total. The highest BCUT2D eigenvalue weighted by atomic mass is 32.2. The van der Waals surface area contributed by atoms with Crippen LogP contribution in [0.1, 0.15) is 13.3 Å². The predicted molar refractivity (Wildman–Crippen MR) is 86.8 cm³/mol. The molecule has 1 atom stereocenters. The summed E-state index contributed by atoms with van der Waals surface area (Å²) in [6.45, 7) is 1.74. The molecule has 1 amide bonds. The van der Waals surface area contributed by atoms with Crippen LogP contribution in [0.15, 0.2) is 41.6 Å². The van der Waals surface area contributed by atoms with Gasteiger partial charge >= 0.3 is 0 Å². The Labute approximate surface area is 135 Å². The summed E-state index contributed by atoms with van der Waals surface area (Å²) in [5, 5.41) is 3.95. The molecule has 1 aromatic carbocycles. The van der Waals surface area contributed by atoms with Crippen LogP contribution in [0.5, 0.6) is 0 Å². The Morgan fingerprint density at radius 3 is 2.43 bits per heavy atom. The zero-order valence-corrected chi connectivity index (χ0v) is 14.0. The van der Waals surface area contributed by atoms with Crippen LogP contribution < -0.4 is 9.21 Å². The monoisotopic (exact) mass is 334 g/mol. The minimum Gasteiger partial charge on any atom is -0.313 e. The van der Waals surface area contributed by atoms with Crippen molar-refractivity contribution in [2.45, 2.75) is 24.3 Å². The van der Waals surface area contributed by atoms with Gasteiger partial charge in [0.2, 0.25) is 5.91 Å². The van der Waals surface area contributed by atoms with E-state index in [4.69, 9.17) is 0 Å². The van der Waals surface area contributed by atoms with E-state index in [9.17, 15) is 13.2 Å². The number of hydrogen-bond acceptors (Lipinski definition) is 4. The van der Waals surface area contributed by atoms with E-state index < -0.39 is 16.1 Å². The molecule has 0 N–H and O–H groups in total. The standard InChI is InChI=1S/C15H18N4O3S/c1-11-8-15(20)18(3)13-6-4-5-7-14(13)19(11)23(21,22)12-9-16-17(2)10-12/h4-7,9-11H,8H2,1-3H3/t11-/m1/s1. The first-order valence-corrected chi connectivity index (χ1v) is 8.65. The highest BCUT2D eigenvalue weighted by Crippen LogP contribution is 2.37. The molecule has 0 saturated heterocycles. The summed E-state index contributed by atoms with van der Waals surface area (Å²) in [6, 6.07) is 6.53. The highest BCUT2D eigenvalue weighted by molar-refractivity contribution is 7.92. The first-order chi connectivity index (χ1) is 10.8. The van der Waals surface area contributed by atoms with E-state index in [2.05, 4.69) is 5.10 Å². The molecule has 3 rings (SSSR count). The van der Waals surface area contributed by atoms with Gasteiger partial charge in [0.15, 0.2) is 0 Å². The van der Waals surface area contributed by atoms with Crippen molar-refractivity contribution in [3.05, 3.63) is 36.7 Å². The van der Waals surface area contributed by atoms with Crippen LogP contribution in [-0.4, -0.2) is 37.2 Å². The average Bonchev–Trinajstić information content (AvgIpc) is 2.90. The number of anilines is 2. The van der Waals surface area contributed by atoms with E-state index in [-0.39, 0.29) is 17.2 Å². The number of hydrogen-bond donors (Lipinski definition) is 0. The van der Waals surface area contributed by atoms with Crippen LogP contribution >= 0.6 is 0 Å². The van der Waals surface area contributed by atoms with E-state index in [1.54, 1.807) is 45.3 Å². The smallest absolute Gasteiger partial charge is 0.267 e. The summed E-state index contributed by atoms with van der Waals surface area (Å²) in [4.78, 5) is 13.9. The van der Waals surface area contributed by atoms with Crippen molar-refractivity contribution in [3.63, 3.8) is 0 Å². The van der Waals surface area contributed by atoms with Crippen molar-refractivity contribution >= 4 is 27.3 Å². The molecule has 0 fully saturated rings. The van der Waals surface area contributed by atoms with Gasteiger partial charge in [0.05, 0.1) is 23.6 Å². The van der Waals surface area contributed by atoms with E-state index in [1.807, 2.05) is 0 Å². The van der Waals surface area contributed by atoms with Crippen molar-refractivity contribution < 1.29 is 13.2 Å². The van der Waals surface area contributed by atoms with E-state index in [0.717, 1.165) is 0 Å². The number of benzene rings is 1. The second-order valence-corrected chi connectivity index (χ2v) is 7.46. The topological polar surface area (TPSA) is 75.5 Å². The summed E-state index contributed by atoms with van der Waals surface area (Å²) >= 11 is 0. The van der Waals surface area contributed by atoms with Crippen LogP contribution in [0.25, 0.3) is 0 Å². The molecule has 0 unspecified atom stereocenters. The SMILES string of the molecule is C[C@@H]1CC(=O)N(C)c2ccccc2N1S(=O)(=O)c1cnn(C)c1. The number of amides is 1. The van der Waals surface area contributed by atoms with Gasteiger partial charge in [-0.1, -0.05) is 12.1 Å². The number of aryl methyl sites for hydroxylation is 1. The maximum absolute atomic E-state index is 13.1. The molecular weight excluding hydrogens is 316 g/mol. The van der Waals surface area contributed by atoms with E-state index in [0.29, 0.717) is 11.4 Å². The minimum atomic E-state index is -3.80. The molecule has 0 radical (unpaired) electrons. The van der Waals surface area contributed by atoms with Gasteiger partial charge in [-0.05, 0) is 19.1 Å². The maximum Gasteiger partial charge on any atom is 0.267 e. The number of aromatic nitrogens is 2. The van der Waals surface area contributed by atoms with Crippen molar-refractivity contribution in [3.8, 4) is 0 Å². The third-order valence-electron chi connectivity index (χ3n) is 3.96. The fourth-order valence-corrected chi connectivity index (χ4v) is 4.45. The van der Waals surface area contributed by atoms with Crippen LogP contribution in [0.4, 0.5) is 11.4 Å². The van der Waals surface area contributed by atoms with Crippen molar-refractivity contribution in [1.82, 2.24) is 9.78 Å². The molecule has 0 spiro atoms. The van der Waals surface area contributed by atoms with Crippen LogP contribution in [0.3, 0.4) is 0 Å². The predicted octanol–water partition coefficient (Wildman–Crippen LogP) is 1.37. The summed E-state index contributed by atoms with van der Waals surface area (Å²) in [6.07, 6.45) is 2.90. The molecule has 2 aromatic rings. The Morgan fingerprint density at radius 1 is 1.17 bits per heavy atom. The number of fused-ring (bicyclic) bond motifs is 1. The third kappa shape index (κ3) is 2.48. The molecule has 0 saturated carbocycles. The van der Waals surface area contributed by atoms with E-state index >= 15 is 0 Å². The second kappa shape index (κ2) is 5.38. The van der Waals surface area contributed by atoms with Gasteiger partial charge in [-0.15, -0.1) is 0 Å². The zero-order valence-electron chi connectivity index (χ0n) is 13.2. The Balaban J connectivity index is 2.21. The Kier molecular flexibility index (Phi) is 3.63. The van der Waals surface area contributed by atoms with Gasteiger partial charge in [0.25, 0.3) is 10.0 Å². The molecule has 0 bridgehead atoms. The van der Waals surface area contributed by atoms with Gasteiger partial charge in [-0.3, -0.25) is 13.8 Å². The molecule has 8 heteroatoms. The number of rotatable bonds is 2. The van der Waals surface area contributed by atoms with Gasteiger partial charge in [-0.2, -0.15) is 5.10 Å². The lowest BCUT2D eigenvalue weighted by Gasteiger charge is -2.28. The summed E-state index contributed by atoms with van der Waals surface area (Å²) in [7, 11) is -0.479. The van der Waals surface area contributed by atoms with Gasteiger partial charge in [-0.25, -0.2) is 8.42 Å². The first-order valence-electron chi connectivity index (χ1n) is 7.21. The van der Waals surface area contributed by atoms with Crippen molar-refractivity contribution in [1.29, 1.82) is 0 Å². The minimum absolute atomic E-state index is 0.110. The van der Waals surface area contributed by atoms with Gasteiger partial charge < -0.3 is 4.90 Å². The number of nitrogens with zero attached hydrogens (tertiary/aromatic N) is 4. The number of para-hydroxylation sites is 2. The van der Waals surface area contributed by atoms with Gasteiger partial charge in [0.1, 0.15) is 4.90 Å². The fraction of sp³-hybridized carbons (Fsp3) is 0.333. The largest absolute Gasteiger partial charge is 0.313 e. The Bertz CT molecular complexity index is 859. The number of sulfonamides is 1. The van der Waals surface area contributed by atoms with Crippen molar-refractivity contribution in [2.24, 2.45) is 7.05 Å². The molecule has 1 aliphatic rings. The van der Waals surface area contributed by atoms with Crippen LogP contribution in [0.2, 0.25) is 0 Å². The lowest BCUT2D eigenvalue weighted by Crippen LogP contribution is -2.39. The van der Waals surface area contributed by atoms with Crippen LogP contribution in [0, 0.1) is 0 Å². The lowest BCUT2D eigenvalue weighted by molar-refractivity contribution is -0.118. The van der Waals surface area contributed by atoms with Crippen LogP contribution in [-0.2, 0) is 21.9 Å². The summed E-state index contributed by atoms with van der Waals surface area (Å²) in [5.41, 5.74) is 1.08. The Hall–Kier alpha value is -2.35. The summed E-state index contributed by atoms with van der Waals surface area (Å²) < 4.78 is 28.9. The Morgan fingerprint density at radius 2 is 1.83 bits per heavy atom. The molecule has 2 heterocycles. The third-order valence-corrected chi connectivity index (χ3v) is 5.84. The lowest BCUT2D eigenvalue weighted by atomic mass is 10.2. The fourth-order valence-electron chi connectivity index (χ4n) is 2.79. The molecule has 0 aliphatic carbocycles. The van der Waals surface area contributed by atoms with Crippen molar-refractivity contribution in [2.75, 3.05) is 16.3 Å². The van der Waals surface area contributed by atoms with E-state index in [1.165, 1.54) is 26.3 Å². The van der Waals surface area contributed by atoms with Gasteiger partial charge in [0, 0.05) is 26.7 Å². The molecule has 1 aromatic heterocycles. The number of carbonyl (C=O) groups excluding carboxylic acids is 1. The second-order valence-electron chi connectivity index (χ2n) is 5.65. The summed E-state index contributed by atoms with van der Waals surface area (Å²) in [5.74, 6) is -0.117. The molecule has 122 valence electrons. The maximum atomic E-state index is 13.1. The first kappa shape index (κ1) is 15.5. The highest BCUT2D eigenvalue weighted by Gasteiger charge is 2.37. The number of carbonyl (C=O) groups is 1. The average molecular weight is 334 g/mol. The quantitative estimate of drug-likeness (QED) is 0.831. The molecule has 23 heavy (non-hydrogen) atoms. The molecular formula is C15H18N4O3S. The molecule has 1 aliphatic heterocycles.